The average Bonchev–Trinajstić information content (AvgIpc) is 2.93. The van der Waals surface area contributed by atoms with E-state index in [4.69, 9.17) is 32.7 Å². The fourth-order valence-corrected chi connectivity index (χ4v) is 2.92. The number of rotatable bonds is 5. The maximum Gasteiger partial charge on any atom is 0.282 e. The molecule has 0 aliphatic carbocycles. The molecule has 1 aliphatic heterocycles. The summed E-state index contributed by atoms with van der Waals surface area (Å²) in [5, 5.41) is 1.75. The Morgan fingerprint density at radius 2 is 1.93 bits per heavy atom. The lowest BCUT2D eigenvalue weighted by Gasteiger charge is -2.15. The van der Waals surface area contributed by atoms with Gasteiger partial charge in [0.2, 0.25) is 0 Å². The number of hydrazine groups is 1. The zero-order valence-electron chi connectivity index (χ0n) is 14.6. The van der Waals surface area contributed by atoms with Gasteiger partial charge in [-0.15, -0.1) is 0 Å². The molecule has 0 saturated carbocycles. The minimum absolute atomic E-state index is 0.0321. The van der Waals surface area contributed by atoms with Crippen molar-refractivity contribution in [1.82, 2.24) is 5.43 Å². The molecule has 0 bridgehead atoms. The molecule has 0 atom stereocenters. The SMILES string of the molecule is CCOc1c(/C=C2\C(=O)NN(c3ccc(Cl)c(Cl)c3)C2=O)cccc1OC. The Balaban J connectivity index is 1.99. The Morgan fingerprint density at radius 3 is 2.59 bits per heavy atom. The van der Waals surface area contributed by atoms with Crippen LogP contribution in [0.5, 0.6) is 11.5 Å². The van der Waals surface area contributed by atoms with Gasteiger partial charge in [-0.25, -0.2) is 5.01 Å². The van der Waals surface area contributed by atoms with Crippen molar-refractivity contribution in [2.45, 2.75) is 6.92 Å². The number of amides is 2. The Bertz CT molecular complexity index is 943. The van der Waals surface area contributed by atoms with Crippen molar-refractivity contribution < 1.29 is 19.1 Å². The molecule has 1 aliphatic rings. The Kier molecular flexibility index (Phi) is 5.58. The molecular formula is C19H16Cl2N2O4. The van der Waals surface area contributed by atoms with Gasteiger partial charge in [0.1, 0.15) is 5.57 Å². The maximum absolute atomic E-state index is 12.8. The van der Waals surface area contributed by atoms with E-state index in [-0.39, 0.29) is 10.6 Å². The van der Waals surface area contributed by atoms with Crippen molar-refractivity contribution in [3.05, 3.63) is 57.6 Å². The quantitative estimate of drug-likeness (QED) is 0.604. The fraction of sp³-hybridized carbons (Fsp3) is 0.158. The maximum atomic E-state index is 12.8. The van der Waals surface area contributed by atoms with Crippen molar-refractivity contribution in [1.29, 1.82) is 0 Å². The van der Waals surface area contributed by atoms with Gasteiger partial charge in [0.05, 0.1) is 29.4 Å². The van der Waals surface area contributed by atoms with Gasteiger partial charge in [-0.3, -0.25) is 15.0 Å². The van der Waals surface area contributed by atoms with Crippen molar-refractivity contribution in [2.24, 2.45) is 0 Å². The largest absolute Gasteiger partial charge is 0.493 e. The molecule has 1 heterocycles. The van der Waals surface area contributed by atoms with Crippen LogP contribution in [-0.4, -0.2) is 25.5 Å². The number of carbonyl (C=O) groups is 2. The monoisotopic (exact) mass is 406 g/mol. The van der Waals surface area contributed by atoms with E-state index in [0.29, 0.717) is 34.4 Å². The number of carbonyl (C=O) groups excluding carboxylic acids is 2. The highest BCUT2D eigenvalue weighted by Crippen LogP contribution is 2.34. The summed E-state index contributed by atoms with van der Waals surface area (Å²) in [5.41, 5.74) is 3.45. The van der Waals surface area contributed by atoms with Crippen molar-refractivity contribution in [2.75, 3.05) is 18.7 Å². The van der Waals surface area contributed by atoms with Gasteiger partial charge < -0.3 is 9.47 Å². The molecule has 2 aromatic rings. The van der Waals surface area contributed by atoms with Crippen LogP contribution in [0.15, 0.2) is 42.0 Å². The predicted octanol–water partition coefficient (Wildman–Crippen LogP) is 3.86. The van der Waals surface area contributed by atoms with Crippen LogP contribution < -0.4 is 19.9 Å². The Labute approximate surface area is 166 Å². The number of hydrogen-bond acceptors (Lipinski definition) is 4. The number of methoxy groups -OCH3 is 1. The molecule has 0 spiro atoms. The number of halogens is 2. The van der Waals surface area contributed by atoms with E-state index in [9.17, 15) is 9.59 Å². The Hall–Kier alpha value is -2.70. The number of anilines is 1. The summed E-state index contributed by atoms with van der Waals surface area (Å²) in [5.74, 6) is -0.0676. The highest BCUT2D eigenvalue weighted by Gasteiger charge is 2.35. The van der Waals surface area contributed by atoms with E-state index in [1.807, 2.05) is 6.92 Å². The molecule has 0 radical (unpaired) electrons. The van der Waals surface area contributed by atoms with E-state index in [1.54, 1.807) is 30.3 Å². The van der Waals surface area contributed by atoms with E-state index >= 15 is 0 Å². The molecule has 1 N–H and O–H groups in total. The molecule has 1 saturated heterocycles. The third kappa shape index (κ3) is 3.72. The Morgan fingerprint density at radius 1 is 1.15 bits per heavy atom. The molecule has 2 aromatic carbocycles. The second-order valence-corrected chi connectivity index (χ2v) is 6.36. The molecular weight excluding hydrogens is 391 g/mol. The van der Waals surface area contributed by atoms with Crippen LogP contribution in [0.25, 0.3) is 6.08 Å². The fourth-order valence-electron chi connectivity index (χ4n) is 2.62. The summed E-state index contributed by atoms with van der Waals surface area (Å²) in [4.78, 5) is 25.1. The van der Waals surface area contributed by atoms with Crippen molar-refractivity contribution in [3.63, 3.8) is 0 Å². The van der Waals surface area contributed by atoms with E-state index in [2.05, 4.69) is 5.43 Å². The van der Waals surface area contributed by atoms with Crippen LogP contribution in [0.4, 0.5) is 5.69 Å². The molecule has 0 unspecified atom stereocenters. The summed E-state index contributed by atoms with van der Waals surface area (Å²) in [6.45, 7) is 2.24. The molecule has 140 valence electrons. The van der Waals surface area contributed by atoms with Gasteiger partial charge in [-0.1, -0.05) is 35.3 Å². The van der Waals surface area contributed by atoms with Gasteiger partial charge in [-0.2, -0.15) is 0 Å². The first kappa shape index (κ1) is 19.1. The number of benzene rings is 2. The van der Waals surface area contributed by atoms with Crippen molar-refractivity contribution in [3.8, 4) is 11.5 Å². The van der Waals surface area contributed by atoms with Crippen LogP contribution >= 0.6 is 23.2 Å². The van der Waals surface area contributed by atoms with Gasteiger partial charge in [0.25, 0.3) is 11.8 Å². The molecule has 6 nitrogen and oxygen atoms in total. The van der Waals surface area contributed by atoms with Crippen LogP contribution in [0.3, 0.4) is 0 Å². The zero-order valence-corrected chi connectivity index (χ0v) is 16.1. The van der Waals surface area contributed by atoms with Gasteiger partial charge in [-0.05, 0) is 37.3 Å². The summed E-state index contributed by atoms with van der Waals surface area (Å²) >= 11 is 11.9. The number of nitrogens with zero attached hydrogens (tertiary/aromatic N) is 1. The van der Waals surface area contributed by atoms with Crippen LogP contribution in [0.2, 0.25) is 10.0 Å². The van der Waals surface area contributed by atoms with Crippen molar-refractivity contribution >= 4 is 46.8 Å². The molecule has 3 rings (SSSR count). The topological polar surface area (TPSA) is 67.9 Å². The minimum Gasteiger partial charge on any atom is -0.493 e. The summed E-state index contributed by atoms with van der Waals surface area (Å²) < 4.78 is 10.9. The molecule has 8 heteroatoms. The number of ether oxygens (including phenoxy) is 2. The average molecular weight is 407 g/mol. The molecule has 27 heavy (non-hydrogen) atoms. The zero-order chi connectivity index (χ0) is 19.6. The first-order valence-electron chi connectivity index (χ1n) is 8.08. The standard InChI is InChI=1S/C19H16Cl2N2O4/c1-3-27-17-11(5-4-6-16(17)26-2)9-13-18(24)22-23(19(13)25)12-7-8-14(20)15(21)10-12/h4-10H,3H2,1-2H3,(H,22,24)/b13-9+. The lowest BCUT2D eigenvalue weighted by molar-refractivity contribution is -0.117. The van der Waals surface area contributed by atoms with Crippen LogP contribution in [0.1, 0.15) is 12.5 Å². The minimum atomic E-state index is -0.531. The number of para-hydroxylation sites is 1. The third-order valence-corrected chi connectivity index (χ3v) is 4.61. The first-order valence-corrected chi connectivity index (χ1v) is 8.83. The highest BCUT2D eigenvalue weighted by molar-refractivity contribution is 6.42. The van der Waals surface area contributed by atoms with Gasteiger partial charge in [0.15, 0.2) is 11.5 Å². The molecule has 1 fully saturated rings. The molecule has 0 aromatic heterocycles. The molecule has 2 amide bonds. The second kappa shape index (κ2) is 7.90. The summed E-state index contributed by atoms with van der Waals surface area (Å²) in [6, 6.07) is 9.88. The number of nitrogens with one attached hydrogen (secondary N) is 1. The normalized spacial score (nSPS) is 15.3. The van der Waals surface area contributed by atoms with E-state index in [1.165, 1.54) is 19.3 Å². The summed E-state index contributed by atoms with van der Waals surface area (Å²) in [6.07, 6.45) is 1.47. The summed E-state index contributed by atoms with van der Waals surface area (Å²) in [7, 11) is 1.52. The highest BCUT2D eigenvalue weighted by atomic mass is 35.5. The van der Waals surface area contributed by atoms with E-state index < -0.39 is 11.8 Å². The van der Waals surface area contributed by atoms with E-state index in [0.717, 1.165) is 5.01 Å². The second-order valence-electron chi connectivity index (χ2n) is 5.55. The van der Waals surface area contributed by atoms with Gasteiger partial charge >= 0.3 is 0 Å². The van der Waals surface area contributed by atoms with Gasteiger partial charge in [0, 0.05) is 5.56 Å². The first-order chi connectivity index (χ1) is 13.0. The lowest BCUT2D eigenvalue weighted by atomic mass is 10.1. The predicted molar refractivity (Wildman–Crippen MR) is 104 cm³/mol. The number of hydrogen-bond donors (Lipinski definition) is 1. The van der Waals surface area contributed by atoms with Crippen LogP contribution in [-0.2, 0) is 9.59 Å². The lowest BCUT2D eigenvalue weighted by Crippen LogP contribution is -2.35. The smallest absolute Gasteiger partial charge is 0.282 e. The van der Waals surface area contributed by atoms with Crippen LogP contribution in [0, 0.1) is 0 Å². The third-order valence-electron chi connectivity index (χ3n) is 3.87.